The summed E-state index contributed by atoms with van der Waals surface area (Å²) in [4.78, 5) is 8.37. The summed E-state index contributed by atoms with van der Waals surface area (Å²) < 4.78 is 1.07. The first-order chi connectivity index (χ1) is 9.67. The van der Waals surface area contributed by atoms with Gasteiger partial charge in [0.25, 0.3) is 0 Å². The maximum absolute atomic E-state index is 5.58. The molecule has 0 aliphatic heterocycles. The van der Waals surface area contributed by atoms with Crippen LogP contribution in [0.3, 0.4) is 0 Å². The summed E-state index contributed by atoms with van der Waals surface area (Å²) >= 11 is 3.42. The first kappa shape index (κ1) is 14.7. The van der Waals surface area contributed by atoms with Gasteiger partial charge in [0, 0.05) is 29.7 Å². The minimum atomic E-state index is 0.184. The second-order valence-electron chi connectivity index (χ2n) is 4.55. The van der Waals surface area contributed by atoms with Crippen LogP contribution in [0.2, 0.25) is 0 Å². The second kappa shape index (κ2) is 7.21. The molecule has 1 atom stereocenters. The number of halogens is 1. The summed E-state index contributed by atoms with van der Waals surface area (Å²) in [5.74, 6) is 1.56. The van der Waals surface area contributed by atoms with Crippen LogP contribution in [-0.4, -0.2) is 22.6 Å². The van der Waals surface area contributed by atoms with E-state index in [1.165, 1.54) is 11.9 Å². The van der Waals surface area contributed by atoms with Crippen molar-refractivity contribution in [2.24, 2.45) is 5.73 Å². The molecule has 0 aliphatic carbocycles. The van der Waals surface area contributed by atoms with Crippen LogP contribution < -0.4 is 16.4 Å². The zero-order chi connectivity index (χ0) is 14.4. The Morgan fingerprint density at radius 3 is 2.60 bits per heavy atom. The summed E-state index contributed by atoms with van der Waals surface area (Å²) in [6.45, 7) is 3.29. The fraction of sp³-hybridized carbons (Fsp3) is 0.286. The fourth-order valence-electron chi connectivity index (χ4n) is 1.64. The lowest BCUT2D eigenvalue weighted by Crippen LogP contribution is -2.25. The van der Waals surface area contributed by atoms with Crippen LogP contribution in [0, 0.1) is 0 Å². The first-order valence-corrected chi connectivity index (χ1v) is 7.23. The molecule has 0 saturated carbocycles. The molecule has 1 aromatic carbocycles. The molecule has 2 rings (SSSR count). The van der Waals surface area contributed by atoms with E-state index in [9.17, 15) is 0 Å². The molecule has 4 N–H and O–H groups in total. The molecule has 106 valence electrons. The van der Waals surface area contributed by atoms with Gasteiger partial charge < -0.3 is 16.4 Å². The fourth-order valence-corrected chi connectivity index (χ4v) is 1.90. The maximum Gasteiger partial charge on any atom is 0.131 e. The molecule has 1 aromatic heterocycles. The van der Waals surface area contributed by atoms with Crippen LogP contribution >= 0.6 is 15.9 Å². The SMILES string of the molecule is CC(CN)Nc1cc(NCc2ccc(Br)cc2)ncn1. The molecular formula is C14H18BrN5. The van der Waals surface area contributed by atoms with Crippen molar-refractivity contribution < 1.29 is 0 Å². The number of hydrogen-bond acceptors (Lipinski definition) is 5. The van der Waals surface area contributed by atoms with Crippen LogP contribution in [0.1, 0.15) is 12.5 Å². The number of nitrogens with one attached hydrogen (secondary N) is 2. The molecule has 5 nitrogen and oxygen atoms in total. The Bertz CT molecular complexity index is 544. The standard InChI is InChI=1S/C14H18BrN5/c1-10(7-16)20-14-6-13(18-9-19-14)17-8-11-2-4-12(15)5-3-11/h2-6,9-10H,7-8,16H2,1H3,(H2,17,18,19,20). The Kier molecular flexibility index (Phi) is 5.31. The number of aromatic nitrogens is 2. The van der Waals surface area contributed by atoms with E-state index in [0.29, 0.717) is 6.54 Å². The second-order valence-corrected chi connectivity index (χ2v) is 5.47. The van der Waals surface area contributed by atoms with E-state index < -0.39 is 0 Å². The molecule has 2 aromatic rings. The zero-order valence-electron chi connectivity index (χ0n) is 11.3. The van der Waals surface area contributed by atoms with Gasteiger partial charge in [0.05, 0.1) is 0 Å². The lowest BCUT2D eigenvalue weighted by molar-refractivity contribution is 0.797. The van der Waals surface area contributed by atoms with Gasteiger partial charge in [-0.2, -0.15) is 0 Å². The van der Waals surface area contributed by atoms with Crippen LogP contribution in [0.15, 0.2) is 41.1 Å². The third-order valence-corrected chi connectivity index (χ3v) is 3.33. The number of nitrogens with two attached hydrogens (primary N) is 1. The van der Waals surface area contributed by atoms with Crippen molar-refractivity contribution in [1.29, 1.82) is 0 Å². The van der Waals surface area contributed by atoms with Gasteiger partial charge >= 0.3 is 0 Å². The molecule has 20 heavy (non-hydrogen) atoms. The molecular weight excluding hydrogens is 318 g/mol. The maximum atomic E-state index is 5.58. The number of anilines is 2. The monoisotopic (exact) mass is 335 g/mol. The van der Waals surface area contributed by atoms with Crippen LogP contribution in [-0.2, 0) is 6.54 Å². The zero-order valence-corrected chi connectivity index (χ0v) is 12.9. The molecule has 1 heterocycles. The van der Waals surface area contributed by atoms with E-state index in [1.807, 2.05) is 25.1 Å². The predicted octanol–water partition coefficient (Wildman–Crippen LogP) is 2.61. The topological polar surface area (TPSA) is 75.9 Å². The van der Waals surface area contributed by atoms with Gasteiger partial charge in [-0.3, -0.25) is 0 Å². The Morgan fingerprint density at radius 1 is 1.20 bits per heavy atom. The Labute approximate surface area is 127 Å². The van der Waals surface area contributed by atoms with Crippen molar-refractivity contribution in [2.75, 3.05) is 17.2 Å². The molecule has 0 aliphatic rings. The molecule has 0 amide bonds. The van der Waals surface area contributed by atoms with E-state index in [1.54, 1.807) is 0 Å². The van der Waals surface area contributed by atoms with Crippen molar-refractivity contribution >= 4 is 27.6 Å². The average Bonchev–Trinajstić information content (AvgIpc) is 2.47. The molecule has 0 fully saturated rings. The lowest BCUT2D eigenvalue weighted by atomic mass is 10.2. The van der Waals surface area contributed by atoms with Crippen LogP contribution in [0.4, 0.5) is 11.6 Å². The highest BCUT2D eigenvalue weighted by Gasteiger charge is 2.02. The summed E-state index contributed by atoms with van der Waals surface area (Å²) in [5, 5.41) is 6.49. The molecule has 0 saturated heterocycles. The highest BCUT2D eigenvalue weighted by molar-refractivity contribution is 9.10. The average molecular weight is 336 g/mol. The summed E-state index contributed by atoms with van der Waals surface area (Å²) in [7, 11) is 0. The minimum Gasteiger partial charge on any atom is -0.366 e. The number of hydrogen-bond donors (Lipinski definition) is 3. The van der Waals surface area contributed by atoms with Gasteiger partial charge in [0.1, 0.15) is 18.0 Å². The van der Waals surface area contributed by atoms with Gasteiger partial charge in [-0.1, -0.05) is 28.1 Å². The smallest absolute Gasteiger partial charge is 0.131 e. The van der Waals surface area contributed by atoms with E-state index >= 15 is 0 Å². The van der Waals surface area contributed by atoms with Gasteiger partial charge in [0.15, 0.2) is 0 Å². The van der Waals surface area contributed by atoms with Crippen molar-refractivity contribution in [1.82, 2.24) is 9.97 Å². The van der Waals surface area contributed by atoms with Crippen molar-refractivity contribution in [3.8, 4) is 0 Å². The van der Waals surface area contributed by atoms with Crippen molar-refractivity contribution in [2.45, 2.75) is 19.5 Å². The van der Waals surface area contributed by atoms with E-state index in [0.717, 1.165) is 22.7 Å². The van der Waals surface area contributed by atoms with Crippen molar-refractivity contribution in [3.05, 3.63) is 46.7 Å². The van der Waals surface area contributed by atoms with Gasteiger partial charge in [-0.05, 0) is 24.6 Å². The Morgan fingerprint density at radius 2 is 1.90 bits per heavy atom. The largest absolute Gasteiger partial charge is 0.366 e. The lowest BCUT2D eigenvalue weighted by Gasteiger charge is -2.12. The van der Waals surface area contributed by atoms with E-state index in [-0.39, 0.29) is 6.04 Å². The molecule has 0 radical (unpaired) electrons. The van der Waals surface area contributed by atoms with Gasteiger partial charge in [0.2, 0.25) is 0 Å². The molecule has 1 unspecified atom stereocenters. The highest BCUT2D eigenvalue weighted by atomic mass is 79.9. The molecule has 0 bridgehead atoms. The minimum absolute atomic E-state index is 0.184. The summed E-state index contributed by atoms with van der Waals surface area (Å²) in [5.41, 5.74) is 6.77. The van der Waals surface area contributed by atoms with E-state index in [4.69, 9.17) is 5.73 Å². The quantitative estimate of drug-likeness (QED) is 0.756. The van der Waals surface area contributed by atoms with Crippen molar-refractivity contribution in [3.63, 3.8) is 0 Å². The predicted molar refractivity (Wildman–Crippen MR) is 85.6 cm³/mol. The van der Waals surface area contributed by atoms with Gasteiger partial charge in [-0.25, -0.2) is 9.97 Å². The number of benzene rings is 1. The molecule has 6 heteroatoms. The summed E-state index contributed by atoms with van der Waals surface area (Å²) in [6.07, 6.45) is 1.54. The van der Waals surface area contributed by atoms with Gasteiger partial charge in [-0.15, -0.1) is 0 Å². The summed E-state index contributed by atoms with van der Waals surface area (Å²) in [6, 6.07) is 10.2. The third-order valence-electron chi connectivity index (χ3n) is 2.80. The number of rotatable bonds is 6. The van der Waals surface area contributed by atoms with E-state index in [2.05, 4.69) is 48.7 Å². The Balaban J connectivity index is 1.95. The molecule has 0 spiro atoms. The normalized spacial score (nSPS) is 11.9. The first-order valence-electron chi connectivity index (χ1n) is 6.44. The highest BCUT2D eigenvalue weighted by Crippen LogP contribution is 2.13. The van der Waals surface area contributed by atoms with Crippen LogP contribution in [0.25, 0.3) is 0 Å². The number of nitrogens with zero attached hydrogens (tertiary/aromatic N) is 2. The van der Waals surface area contributed by atoms with Crippen LogP contribution in [0.5, 0.6) is 0 Å². The third kappa shape index (κ3) is 4.47. The Hall–Kier alpha value is -1.66.